The van der Waals surface area contributed by atoms with E-state index in [2.05, 4.69) is 19.1 Å². The van der Waals surface area contributed by atoms with Gasteiger partial charge in [-0.25, -0.2) is 4.79 Å². The van der Waals surface area contributed by atoms with Crippen LogP contribution in [0.1, 0.15) is 40.5 Å². The second-order valence-electron chi connectivity index (χ2n) is 7.73. The molecule has 0 spiro atoms. The second-order valence-corrected chi connectivity index (χ2v) is 7.73. The second kappa shape index (κ2) is 11.6. The molecule has 34 heavy (non-hydrogen) atoms. The lowest BCUT2D eigenvalue weighted by molar-refractivity contribution is -0.673. The average Bonchev–Trinajstić information content (AvgIpc) is 2.85. The van der Waals surface area contributed by atoms with Crippen molar-refractivity contribution in [2.24, 2.45) is 7.05 Å². The van der Waals surface area contributed by atoms with Crippen LogP contribution in [0, 0.1) is 0 Å². The fourth-order valence-electron chi connectivity index (χ4n) is 3.89. The van der Waals surface area contributed by atoms with Crippen molar-refractivity contribution in [1.82, 2.24) is 0 Å². The topological polar surface area (TPSA) is 50.4 Å². The lowest BCUT2D eigenvalue weighted by Gasteiger charge is -2.17. The zero-order valence-corrected chi connectivity index (χ0v) is 21.3. The third-order valence-corrected chi connectivity index (χ3v) is 5.55. The van der Waals surface area contributed by atoms with Gasteiger partial charge >= 0.3 is 5.97 Å². The summed E-state index contributed by atoms with van der Waals surface area (Å²) in [6.07, 6.45) is 2.64. The van der Waals surface area contributed by atoms with Gasteiger partial charge in [0.15, 0.2) is 6.20 Å². The number of aromatic nitrogens is 1. The first-order valence-electron chi connectivity index (χ1n) is 10.9. The molecule has 0 bridgehead atoms. The molecular formula is C29H26INO3. The smallest absolute Gasteiger partial charge is 0.409 e. The highest BCUT2D eigenvalue weighted by Gasteiger charge is 2.19. The van der Waals surface area contributed by atoms with Crippen molar-refractivity contribution in [3.8, 4) is 11.5 Å². The van der Waals surface area contributed by atoms with E-state index in [9.17, 15) is 9.90 Å². The molecule has 4 aromatic rings. The standard InChI is InChI=1S/C29H25NO3.HI/c1-3-26(21-9-5-4-6-10-21)28(22-12-16-24(31)17-13-22)23-14-18-25(19-15-23)33-29(32)27-11-7-8-20-30(27)2;/h4-20H,3H2,1-2H3;1H/b28-26-;. The van der Waals surface area contributed by atoms with E-state index in [0.717, 1.165) is 28.7 Å². The summed E-state index contributed by atoms with van der Waals surface area (Å²) in [5.74, 6) is 0.307. The van der Waals surface area contributed by atoms with Gasteiger partial charge < -0.3 is 33.8 Å². The molecule has 5 heteroatoms. The average molecular weight is 563 g/mol. The van der Waals surface area contributed by atoms with Crippen molar-refractivity contribution in [1.29, 1.82) is 0 Å². The van der Waals surface area contributed by atoms with E-state index < -0.39 is 5.97 Å². The van der Waals surface area contributed by atoms with Gasteiger partial charge in [-0.05, 0) is 64.6 Å². The van der Waals surface area contributed by atoms with Crippen LogP contribution >= 0.6 is 0 Å². The van der Waals surface area contributed by atoms with Crippen molar-refractivity contribution < 1.29 is 43.2 Å². The van der Waals surface area contributed by atoms with Gasteiger partial charge in [0.2, 0.25) is 0 Å². The van der Waals surface area contributed by atoms with Gasteiger partial charge in [0.05, 0.1) is 0 Å². The molecule has 3 aromatic carbocycles. The van der Waals surface area contributed by atoms with Crippen LogP contribution < -0.4 is 33.3 Å². The first kappa shape index (κ1) is 25.2. The highest BCUT2D eigenvalue weighted by Crippen LogP contribution is 2.35. The lowest BCUT2D eigenvalue weighted by Crippen LogP contribution is -3.00. The third kappa shape index (κ3) is 5.72. The predicted molar refractivity (Wildman–Crippen MR) is 130 cm³/mol. The van der Waals surface area contributed by atoms with Crippen LogP contribution in [0.3, 0.4) is 0 Å². The maximum atomic E-state index is 12.6. The Labute approximate surface area is 217 Å². The van der Waals surface area contributed by atoms with Crippen LogP contribution in [-0.4, -0.2) is 11.1 Å². The molecule has 1 aromatic heterocycles. The monoisotopic (exact) mass is 563 g/mol. The number of esters is 1. The number of phenols is 1. The van der Waals surface area contributed by atoms with Crippen LogP contribution in [0.25, 0.3) is 11.1 Å². The molecule has 0 saturated heterocycles. The van der Waals surface area contributed by atoms with Crippen LogP contribution in [0.4, 0.5) is 0 Å². The van der Waals surface area contributed by atoms with E-state index in [4.69, 9.17) is 4.74 Å². The number of pyridine rings is 1. The number of allylic oxidation sites excluding steroid dienone is 1. The van der Waals surface area contributed by atoms with E-state index in [-0.39, 0.29) is 29.7 Å². The van der Waals surface area contributed by atoms with Crippen LogP contribution in [0.5, 0.6) is 11.5 Å². The van der Waals surface area contributed by atoms with E-state index in [0.29, 0.717) is 11.4 Å². The minimum atomic E-state index is -0.404. The Kier molecular flexibility index (Phi) is 8.60. The Morgan fingerprint density at radius 3 is 1.97 bits per heavy atom. The number of benzene rings is 3. The SMILES string of the molecule is CC/C(=C(\c1ccc(O)cc1)c1ccc(OC(=O)c2cccc[n+]2C)cc1)c1ccccc1.[I-]. The summed E-state index contributed by atoms with van der Waals surface area (Å²) in [4.78, 5) is 12.6. The molecular weight excluding hydrogens is 537 g/mol. The highest BCUT2D eigenvalue weighted by atomic mass is 127. The first-order valence-corrected chi connectivity index (χ1v) is 10.9. The van der Waals surface area contributed by atoms with Gasteiger partial charge in [-0.15, -0.1) is 0 Å². The largest absolute Gasteiger partial charge is 1.00 e. The Balaban J connectivity index is 0.00000324. The molecule has 1 N–H and O–H groups in total. The number of ether oxygens (including phenoxy) is 1. The summed E-state index contributed by atoms with van der Waals surface area (Å²) in [5, 5.41) is 9.79. The Morgan fingerprint density at radius 1 is 0.794 bits per heavy atom. The molecule has 4 nitrogen and oxygen atoms in total. The number of aryl methyl sites for hydroxylation is 1. The van der Waals surface area contributed by atoms with Crippen molar-refractivity contribution >= 4 is 17.1 Å². The van der Waals surface area contributed by atoms with Crippen molar-refractivity contribution in [3.63, 3.8) is 0 Å². The number of rotatable bonds is 6. The molecule has 172 valence electrons. The number of hydrogen-bond acceptors (Lipinski definition) is 3. The van der Waals surface area contributed by atoms with Gasteiger partial charge in [-0.1, -0.05) is 61.5 Å². The molecule has 0 atom stereocenters. The van der Waals surface area contributed by atoms with Crippen LogP contribution in [0.15, 0.2) is 103 Å². The van der Waals surface area contributed by atoms with Gasteiger partial charge in [-0.2, -0.15) is 4.57 Å². The predicted octanol–water partition coefficient (Wildman–Crippen LogP) is 2.81. The van der Waals surface area contributed by atoms with Crippen molar-refractivity contribution in [2.75, 3.05) is 0 Å². The number of carbonyl (C=O) groups is 1. The van der Waals surface area contributed by atoms with E-state index in [1.54, 1.807) is 22.8 Å². The minimum Gasteiger partial charge on any atom is -1.00 e. The number of phenolic OH excluding ortho intramolecular Hbond substituents is 1. The number of halogens is 1. The number of hydrogen-bond donors (Lipinski definition) is 1. The summed E-state index contributed by atoms with van der Waals surface area (Å²) in [6, 6.07) is 30.5. The number of nitrogens with zero attached hydrogens (tertiary/aromatic N) is 1. The summed E-state index contributed by atoms with van der Waals surface area (Å²) in [6.45, 7) is 2.14. The molecule has 0 aliphatic rings. The Morgan fingerprint density at radius 2 is 1.38 bits per heavy atom. The van der Waals surface area contributed by atoms with Crippen molar-refractivity contribution in [3.05, 3.63) is 126 Å². The fraction of sp³-hybridized carbons (Fsp3) is 0.103. The zero-order chi connectivity index (χ0) is 23.2. The maximum Gasteiger partial charge on any atom is 0.409 e. The Bertz CT molecular complexity index is 1280. The van der Waals surface area contributed by atoms with Crippen LogP contribution in [0.2, 0.25) is 0 Å². The molecule has 0 unspecified atom stereocenters. The lowest BCUT2D eigenvalue weighted by atomic mass is 9.88. The normalized spacial score (nSPS) is 11.2. The van der Waals surface area contributed by atoms with Gasteiger partial charge in [0.1, 0.15) is 18.5 Å². The maximum absolute atomic E-state index is 12.6. The molecule has 0 aliphatic heterocycles. The summed E-state index contributed by atoms with van der Waals surface area (Å²) in [5.41, 5.74) is 5.91. The quantitative estimate of drug-likeness (QED) is 0.129. The van der Waals surface area contributed by atoms with Gasteiger partial charge in [0, 0.05) is 12.1 Å². The first-order chi connectivity index (χ1) is 16.1. The summed E-state index contributed by atoms with van der Waals surface area (Å²) >= 11 is 0. The molecule has 0 saturated carbocycles. The summed E-state index contributed by atoms with van der Waals surface area (Å²) in [7, 11) is 1.81. The van der Waals surface area contributed by atoms with E-state index >= 15 is 0 Å². The molecule has 1 heterocycles. The fourth-order valence-corrected chi connectivity index (χ4v) is 3.89. The molecule has 4 rings (SSSR count). The number of carbonyl (C=O) groups excluding carboxylic acids is 1. The molecule has 0 aliphatic carbocycles. The molecule has 0 amide bonds. The highest BCUT2D eigenvalue weighted by molar-refractivity contribution is 5.98. The summed E-state index contributed by atoms with van der Waals surface area (Å²) < 4.78 is 7.33. The van der Waals surface area contributed by atoms with Gasteiger partial charge in [0.25, 0.3) is 5.69 Å². The van der Waals surface area contributed by atoms with Crippen molar-refractivity contribution in [2.45, 2.75) is 13.3 Å². The van der Waals surface area contributed by atoms with E-state index in [1.165, 1.54) is 5.57 Å². The van der Waals surface area contributed by atoms with Crippen LogP contribution in [-0.2, 0) is 7.05 Å². The van der Waals surface area contributed by atoms with Gasteiger partial charge in [-0.3, -0.25) is 0 Å². The zero-order valence-electron chi connectivity index (χ0n) is 19.1. The minimum absolute atomic E-state index is 0. The number of aromatic hydroxyl groups is 1. The molecule has 0 radical (unpaired) electrons. The van der Waals surface area contributed by atoms with E-state index in [1.807, 2.05) is 80.0 Å². The Hall–Kier alpha value is -3.45. The third-order valence-electron chi connectivity index (χ3n) is 5.55. The molecule has 0 fully saturated rings.